The van der Waals surface area contributed by atoms with Crippen molar-refractivity contribution in [1.82, 2.24) is 5.32 Å². The van der Waals surface area contributed by atoms with Gasteiger partial charge >= 0.3 is 0 Å². The molecule has 0 saturated heterocycles. The maximum absolute atomic E-state index is 10.4. The van der Waals surface area contributed by atoms with Crippen molar-refractivity contribution < 1.29 is 5.11 Å². The van der Waals surface area contributed by atoms with Crippen LogP contribution in [-0.2, 0) is 0 Å². The van der Waals surface area contributed by atoms with Gasteiger partial charge in [-0.05, 0) is 86.4 Å². The van der Waals surface area contributed by atoms with Gasteiger partial charge in [-0.25, -0.2) is 0 Å². The minimum Gasteiger partial charge on any atom is -0.393 e. The molecule has 4 saturated carbocycles. The molecule has 5 aliphatic rings. The van der Waals surface area contributed by atoms with E-state index in [2.05, 4.69) is 32.2 Å². The van der Waals surface area contributed by atoms with E-state index in [-0.39, 0.29) is 6.10 Å². The molecule has 0 aromatic rings. The molecule has 0 radical (unpaired) electrons. The van der Waals surface area contributed by atoms with Crippen LogP contribution in [-0.4, -0.2) is 23.3 Å². The van der Waals surface area contributed by atoms with E-state index in [0.717, 1.165) is 36.3 Å². The minimum absolute atomic E-state index is 0.108. The van der Waals surface area contributed by atoms with Gasteiger partial charge in [0.05, 0.1) is 6.10 Å². The molecule has 0 heterocycles. The summed E-state index contributed by atoms with van der Waals surface area (Å²) in [5.74, 6) is 3.04. The molecule has 0 amide bonds. The lowest BCUT2D eigenvalue weighted by atomic mass is 9.46. The highest BCUT2D eigenvalue weighted by atomic mass is 16.3. The van der Waals surface area contributed by atoms with Crippen molar-refractivity contribution in [1.29, 1.82) is 0 Å². The van der Waals surface area contributed by atoms with E-state index in [1.165, 1.54) is 51.4 Å². The third-order valence-corrected chi connectivity index (χ3v) is 9.57. The first-order valence-electron chi connectivity index (χ1n) is 11.1. The Morgan fingerprint density at radius 3 is 2.56 bits per heavy atom. The van der Waals surface area contributed by atoms with Crippen LogP contribution in [0, 0.1) is 34.5 Å². The molecule has 0 aromatic heterocycles. The monoisotopic (exact) mass is 343 g/mol. The summed E-state index contributed by atoms with van der Waals surface area (Å²) in [5, 5.41) is 14.4. The molecule has 8 atom stereocenters. The fourth-order valence-corrected chi connectivity index (χ4v) is 7.87. The lowest BCUT2D eigenvalue weighted by molar-refractivity contribution is -0.0526. The first kappa shape index (κ1) is 16.8. The van der Waals surface area contributed by atoms with Crippen molar-refractivity contribution in [2.75, 3.05) is 0 Å². The Hall–Kier alpha value is -0.340. The van der Waals surface area contributed by atoms with Crippen molar-refractivity contribution in [2.24, 2.45) is 34.5 Å². The summed E-state index contributed by atoms with van der Waals surface area (Å²) < 4.78 is 0. The Labute approximate surface area is 153 Å². The molecule has 25 heavy (non-hydrogen) atoms. The fraction of sp³-hybridized carbons (Fsp3) is 0.913. The lowest BCUT2D eigenvalue weighted by Crippen LogP contribution is -2.54. The quantitative estimate of drug-likeness (QED) is 0.714. The predicted octanol–water partition coefficient (Wildman–Crippen LogP) is 4.68. The first-order valence-corrected chi connectivity index (χ1v) is 11.1. The van der Waals surface area contributed by atoms with Gasteiger partial charge < -0.3 is 10.4 Å². The molecule has 5 aliphatic carbocycles. The molecule has 140 valence electrons. The molecule has 0 aromatic carbocycles. The zero-order valence-electron chi connectivity index (χ0n) is 16.4. The maximum atomic E-state index is 10.4. The van der Waals surface area contributed by atoms with E-state index in [1.54, 1.807) is 5.57 Å². The molecule has 0 bridgehead atoms. The number of hydrogen-bond acceptors (Lipinski definition) is 2. The Morgan fingerprint density at radius 2 is 1.80 bits per heavy atom. The molecule has 2 heteroatoms. The van der Waals surface area contributed by atoms with Gasteiger partial charge in [0.2, 0.25) is 0 Å². The van der Waals surface area contributed by atoms with Crippen LogP contribution in [0.1, 0.15) is 78.6 Å². The van der Waals surface area contributed by atoms with Crippen LogP contribution in [0.25, 0.3) is 0 Å². The second-order valence-corrected chi connectivity index (χ2v) is 10.7. The zero-order valence-corrected chi connectivity index (χ0v) is 16.4. The topological polar surface area (TPSA) is 32.3 Å². The van der Waals surface area contributed by atoms with Crippen LogP contribution in [0.3, 0.4) is 0 Å². The van der Waals surface area contributed by atoms with Crippen LogP contribution >= 0.6 is 0 Å². The molecule has 5 rings (SSSR count). The van der Waals surface area contributed by atoms with Crippen molar-refractivity contribution in [2.45, 2.75) is 96.7 Å². The third-order valence-electron chi connectivity index (χ3n) is 9.57. The number of hydrogen-bond donors (Lipinski definition) is 2. The van der Waals surface area contributed by atoms with Crippen LogP contribution in [0.2, 0.25) is 0 Å². The summed E-state index contributed by atoms with van der Waals surface area (Å²) >= 11 is 0. The normalized spacial score (nSPS) is 55.1. The summed E-state index contributed by atoms with van der Waals surface area (Å²) in [6.07, 6.45) is 14.5. The van der Waals surface area contributed by atoms with Gasteiger partial charge in [-0.15, -0.1) is 0 Å². The van der Waals surface area contributed by atoms with Gasteiger partial charge in [0.25, 0.3) is 0 Å². The first-order chi connectivity index (χ1) is 11.9. The largest absolute Gasteiger partial charge is 0.393 e. The summed E-state index contributed by atoms with van der Waals surface area (Å²) in [6, 6.07) is 1.62. The second kappa shape index (κ2) is 5.58. The highest BCUT2D eigenvalue weighted by Gasteiger charge is 2.59. The van der Waals surface area contributed by atoms with Gasteiger partial charge in [0.15, 0.2) is 0 Å². The zero-order chi connectivity index (χ0) is 17.4. The average Bonchev–Trinajstić information content (AvgIpc) is 3.34. The summed E-state index contributed by atoms with van der Waals surface area (Å²) in [6.45, 7) is 7.44. The van der Waals surface area contributed by atoms with Crippen LogP contribution in [0.4, 0.5) is 0 Å². The van der Waals surface area contributed by atoms with E-state index < -0.39 is 0 Å². The molecule has 3 unspecified atom stereocenters. The Balaban J connectivity index is 1.43. The van der Waals surface area contributed by atoms with Crippen LogP contribution in [0.5, 0.6) is 0 Å². The molecular weight excluding hydrogens is 306 g/mol. The van der Waals surface area contributed by atoms with Crippen molar-refractivity contribution in [3.8, 4) is 0 Å². The molecular formula is C23H37NO. The standard InChI is InChI=1S/C23H37NO/c1-14-17-7-6-16-18-8-9-21(24-15-4-5-15)23(18,3)12-10-19(16)22(17,2)13-11-20(14)25/h7,14-16,18-21,24-25H,4-6,8-13H2,1-3H3/t14?,16-,18-,19+,20?,21?,22-,23-/m0/s1. The van der Waals surface area contributed by atoms with E-state index in [0.29, 0.717) is 16.7 Å². The van der Waals surface area contributed by atoms with Gasteiger partial charge in [0, 0.05) is 18.0 Å². The highest BCUT2D eigenvalue weighted by Crippen LogP contribution is 2.65. The second-order valence-electron chi connectivity index (χ2n) is 10.7. The van der Waals surface area contributed by atoms with E-state index in [1.807, 2.05) is 0 Å². The van der Waals surface area contributed by atoms with Crippen LogP contribution < -0.4 is 5.32 Å². The Bertz CT molecular complexity index is 581. The number of allylic oxidation sites excluding steroid dienone is 1. The number of fused-ring (bicyclic) bond motifs is 5. The Morgan fingerprint density at radius 1 is 1.00 bits per heavy atom. The number of rotatable bonds is 2. The third kappa shape index (κ3) is 2.35. The van der Waals surface area contributed by atoms with Gasteiger partial charge in [-0.1, -0.05) is 32.4 Å². The Kier molecular flexibility index (Phi) is 3.75. The van der Waals surface area contributed by atoms with Crippen molar-refractivity contribution in [3.63, 3.8) is 0 Å². The van der Waals surface area contributed by atoms with Gasteiger partial charge in [0.1, 0.15) is 0 Å². The average molecular weight is 344 g/mol. The van der Waals surface area contributed by atoms with Gasteiger partial charge in [-0.3, -0.25) is 0 Å². The minimum atomic E-state index is -0.108. The smallest absolute Gasteiger partial charge is 0.0603 e. The molecule has 2 N–H and O–H groups in total. The summed E-state index contributed by atoms with van der Waals surface area (Å²) in [4.78, 5) is 0. The van der Waals surface area contributed by atoms with Crippen molar-refractivity contribution in [3.05, 3.63) is 11.6 Å². The SMILES string of the molecule is CC1C2=CC[C@@H]3[C@@H](CC[C@]4(C)C(NC5CC5)CC[C@@H]34)[C@@]2(C)CCC1O. The highest BCUT2D eigenvalue weighted by molar-refractivity contribution is 5.27. The number of aliphatic hydroxyl groups excluding tert-OH is 1. The molecule has 0 aliphatic heterocycles. The number of aliphatic hydroxyl groups is 1. The predicted molar refractivity (Wildman–Crippen MR) is 102 cm³/mol. The van der Waals surface area contributed by atoms with Gasteiger partial charge in [-0.2, -0.15) is 0 Å². The van der Waals surface area contributed by atoms with E-state index >= 15 is 0 Å². The van der Waals surface area contributed by atoms with Crippen LogP contribution in [0.15, 0.2) is 11.6 Å². The molecule has 4 fully saturated rings. The lowest BCUT2D eigenvalue weighted by Gasteiger charge is -2.59. The van der Waals surface area contributed by atoms with E-state index in [9.17, 15) is 5.11 Å². The van der Waals surface area contributed by atoms with E-state index in [4.69, 9.17) is 0 Å². The summed E-state index contributed by atoms with van der Waals surface area (Å²) in [5.41, 5.74) is 2.51. The maximum Gasteiger partial charge on any atom is 0.0603 e. The fourth-order valence-electron chi connectivity index (χ4n) is 7.87. The molecule has 0 spiro atoms. The number of nitrogens with one attached hydrogen (secondary N) is 1. The summed E-state index contributed by atoms with van der Waals surface area (Å²) in [7, 11) is 0. The molecule has 2 nitrogen and oxygen atoms in total. The van der Waals surface area contributed by atoms with Crippen molar-refractivity contribution >= 4 is 0 Å².